The van der Waals surface area contributed by atoms with E-state index < -0.39 is 28.3 Å². The molecule has 0 atom stereocenters. The number of carbonyl (C=O) groups is 3. The van der Waals surface area contributed by atoms with Crippen molar-refractivity contribution in [3.8, 4) is 0 Å². The fourth-order valence-corrected chi connectivity index (χ4v) is 3.48. The smallest absolute Gasteiger partial charge is 0.326 e. The number of nitrogens with zero attached hydrogens (tertiary/aromatic N) is 1. The molecule has 0 spiro atoms. The normalized spacial score (nSPS) is 15.3. The number of carbonyl (C=O) groups excluding carboxylic acids is 3. The number of hydrogen-bond donors (Lipinski definition) is 1. The Morgan fingerprint density at radius 3 is 2.65 bits per heavy atom. The molecule has 26 heavy (non-hydrogen) atoms. The number of nitrogens with one attached hydrogen (secondary N) is 1. The molecule has 0 saturated carbocycles. The van der Waals surface area contributed by atoms with E-state index in [1.54, 1.807) is 12.1 Å². The maximum absolute atomic E-state index is 11.9. The third kappa shape index (κ3) is 5.83. The molecule has 2 amide bonds. The lowest BCUT2D eigenvalue weighted by Gasteiger charge is -2.19. The van der Waals surface area contributed by atoms with Crippen LogP contribution in [-0.4, -0.2) is 57.1 Å². The van der Waals surface area contributed by atoms with E-state index in [1.165, 1.54) is 17.0 Å². The van der Waals surface area contributed by atoms with Gasteiger partial charge >= 0.3 is 5.97 Å². The van der Waals surface area contributed by atoms with Gasteiger partial charge in [-0.05, 0) is 25.0 Å². The summed E-state index contributed by atoms with van der Waals surface area (Å²) in [5.74, 6) is -1.42. The van der Waals surface area contributed by atoms with E-state index in [2.05, 4.69) is 5.32 Å². The van der Waals surface area contributed by atoms with Gasteiger partial charge in [-0.1, -0.05) is 18.6 Å². The van der Waals surface area contributed by atoms with E-state index in [0.29, 0.717) is 13.0 Å². The lowest BCUT2D eigenvalue weighted by Crippen LogP contribution is -2.36. The summed E-state index contributed by atoms with van der Waals surface area (Å²) < 4.78 is 28.3. The van der Waals surface area contributed by atoms with Gasteiger partial charge in [-0.15, -0.1) is 0 Å². The first-order valence-corrected chi connectivity index (χ1v) is 10.2. The molecule has 9 heteroatoms. The molecule has 1 aromatic carbocycles. The molecule has 0 aromatic heterocycles. The van der Waals surface area contributed by atoms with Crippen molar-refractivity contribution in [1.29, 1.82) is 0 Å². The van der Waals surface area contributed by atoms with Gasteiger partial charge in [-0.3, -0.25) is 14.4 Å². The van der Waals surface area contributed by atoms with Crippen LogP contribution in [0.4, 0.5) is 5.69 Å². The average Bonchev–Trinajstić information content (AvgIpc) is 2.77. The fourth-order valence-electron chi connectivity index (χ4n) is 2.63. The Labute approximate surface area is 152 Å². The number of amides is 2. The van der Waals surface area contributed by atoms with E-state index in [4.69, 9.17) is 4.74 Å². The van der Waals surface area contributed by atoms with Crippen molar-refractivity contribution < 1.29 is 27.5 Å². The zero-order valence-electron chi connectivity index (χ0n) is 14.6. The van der Waals surface area contributed by atoms with Gasteiger partial charge in [0.15, 0.2) is 16.4 Å². The van der Waals surface area contributed by atoms with E-state index in [1.807, 2.05) is 0 Å². The van der Waals surface area contributed by atoms with Crippen LogP contribution in [0, 0.1) is 0 Å². The molecule has 142 valence electrons. The molecule has 1 N–H and O–H groups in total. The molecule has 0 radical (unpaired) electrons. The Hall–Kier alpha value is -2.42. The third-order valence-corrected chi connectivity index (χ3v) is 5.07. The van der Waals surface area contributed by atoms with Crippen LogP contribution in [0.5, 0.6) is 0 Å². The van der Waals surface area contributed by atoms with Crippen molar-refractivity contribution >= 4 is 33.3 Å². The number of hydrogen-bond acceptors (Lipinski definition) is 6. The lowest BCUT2D eigenvalue weighted by molar-refractivity contribution is -0.151. The second-order valence-corrected chi connectivity index (χ2v) is 8.09. The Bertz CT molecular complexity index is 790. The van der Waals surface area contributed by atoms with Gasteiger partial charge in [0, 0.05) is 19.2 Å². The number of benzene rings is 1. The summed E-state index contributed by atoms with van der Waals surface area (Å²) in [5.41, 5.74) is 0.124. The van der Waals surface area contributed by atoms with Crippen LogP contribution in [0.15, 0.2) is 29.2 Å². The highest BCUT2D eigenvalue weighted by atomic mass is 32.2. The van der Waals surface area contributed by atoms with Crippen molar-refractivity contribution in [2.75, 3.05) is 31.3 Å². The summed E-state index contributed by atoms with van der Waals surface area (Å²) in [6.45, 7) is -0.243. The van der Waals surface area contributed by atoms with Crippen molar-refractivity contribution in [2.24, 2.45) is 0 Å². The van der Waals surface area contributed by atoms with Crippen molar-refractivity contribution in [1.82, 2.24) is 4.90 Å². The number of likely N-dealkylation sites (tertiary alicyclic amines) is 1. The van der Waals surface area contributed by atoms with E-state index in [9.17, 15) is 22.8 Å². The molecular weight excluding hydrogens is 360 g/mol. The Balaban J connectivity index is 1.87. The Morgan fingerprint density at radius 2 is 1.92 bits per heavy atom. The van der Waals surface area contributed by atoms with Crippen LogP contribution in [-0.2, 0) is 29.0 Å². The molecule has 1 saturated heterocycles. The number of esters is 1. The minimum Gasteiger partial charge on any atom is -0.454 e. The molecule has 0 aliphatic carbocycles. The van der Waals surface area contributed by atoms with E-state index in [0.717, 1.165) is 25.5 Å². The van der Waals surface area contributed by atoms with Gasteiger partial charge in [0.05, 0.1) is 10.6 Å². The van der Waals surface area contributed by atoms with Gasteiger partial charge in [-0.25, -0.2) is 8.42 Å². The predicted octanol–water partition coefficient (Wildman–Crippen LogP) is 0.974. The monoisotopic (exact) mass is 382 g/mol. The molecule has 0 unspecified atom stereocenters. The zero-order chi connectivity index (χ0) is 19.2. The minimum absolute atomic E-state index is 0.0187. The highest BCUT2D eigenvalue weighted by molar-refractivity contribution is 7.90. The maximum Gasteiger partial charge on any atom is 0.326 e. The lowest BCUT2D eigenvalue weighted by atomic mass is 10.2. The van der Waals surface area contributed by atoms with Gasteiger partial charge in [0.25, 0.3) is 5.91 Å². The molecule has 1 aromatic rings. The van der Waals surface area contributed by atoms with Crippen LogP contribution < -0.4 is 5.32 Å². The summed E-state index contributed by atoms with van der Waals surface area (Å²) in [6, 6.07) is 5.96. The van der Waals surface area contributed by atoms with Gasteiger partial charge in [0.2, 0.25) is 5.91 Å². The summed E-state index contributed by atoms with van der Waals surface area (Å²) in [4.78, 5) is 37.1. The topological polar surface area (TPSA) is 110 Å². The highest BCUT2D eigenvalue weighted by Crippen LogP contribution is 2.20. The van der Waals surface area contributed by atoms with Crippen molar-refractivity contribution in [3.63, 3.8) is 0 Å². The molecule has 1 aliphatic rings. The molecule has 8 nitrogen and oxygen atoms in total. The fraction of sp³-hybridized carbons (Fsp3) is 0.471. The van der Waals surface area contributed by atoms with Crippen LogP contribution >= 0.6 is 0 Å². The number of anilines is 1. The average molecular weight is 382 g/mol. The Kier molecular flexibility index (Phi) is 6.73. The van der Waals surface area contributed by atoms with Gasteiger partial charge in [-0.2, -0.15) is 0 Å². The molecule has 0 bridgehead atoms. The standard InChI is InChI=1S/C17H22N2O6S/c1-26(23,24)14-8-5-4-7-13(14)18-15(20)12-25-17(22)11-19-10-6-2-3-9-16(19)21/h4-5,7-8H,2-3,6,9-12H2,1H3,(H,18,20). The van der Waals surface area contributed by atoms with Crippen LogP contribution in [0.25, 0.3) is 0 Å². The van der Waals surface area contributed by atoms with Crippen LogP contribution in [0.3, 0.4) is 0 Å². The largest absolute Gasteiger partial charge is 0.454 e. The van der Waals surface area contributed by atoms with Crippen molar-refractivity contribution in [2.45, 2.75) is 30.6 Å². The second kappa shape index (κ2) is 8.79. The van der Waals surface area contributed by atoms with Crippen molar-refractivity contribution in [3.05, 3.63) is 24.3 Å². The molecule has 1 heterocycles. The third-order valence-electron chi connectivity index (χ3n) is 3.92. The van der Waals surface area contributed by atoms with Crippen LogP contribution in [0.1, 0.15) is 25.7 Å². The molecule has 1 aliphatic heterocycles. The number of sulfone groups is 1. The summed E-state index contributed by atoms with van der Waals surface area (Å²) in [7, 11) is -3.51. The SMILES string of the molecule is CS(=O)(=O)c1ccccc1NC(=O)COC(=O)CN1CCCCCC1=O. The van der Waals surface area contributed by atoms with Gasteiger partial charge in [0.1, 0.15) is 6.54 Å². The first-order chi connectivity index (χ1) is 12.3. The number of para-hydroxylation sites is 1. The minimum atomic E-state index is -3.51. The zero-order valence-corrected chi connectivity index (χ0v) is 15.4. The first kappa shape index (κ1) is 19.9. The van der Waals surface area contributed by atoms with Crippen LogP contribution in [0.2, 0.25) is 0 Å². The Morgan fingerprint density at radius 1 is 1.19 bits per heavy atom. The summed E-state index contributed by atoms with van der Waals surface area (Å²) >= 11 is 0. The summed E-state index contributed by atoms with van der Waals surface area (Å²) in [6.07, 6.45) is 4.04. The molecule has 1 fully saturated rings. The second-order valence-electron chi connectivity index (χ2n) is 6.10. The first-order valence-electron chi connectivity index (χ1n) is 8.29. The van der Waals surface area contributed by atoms with Gasteiger partial charge < -0.3 is 15.0 Å². The molecular formula is C17H22N2O6S. The maximum atomic E-state index is 11.9. The number of ether oxygens (including phenoxy) is 1. The summed E-state index contributed by atoms with van der Waals surface area (Å²) in [5, 5.41) is 2.42. The predicted molar refractivity (Wildman–Crippen MR) is 94.2 cm³/mol. The number of rotatable bonds is 6. The quantitative estimate of drug-likeness (QED) is 0.734. The van der Waals surface area contributed by atoms with E-state index >= 15 is 0 Å². The highest BCUT2D eigenvalue weighted by Gasteiger charge is 2.21. The van der Waals surface area contributed by atoms with E-state index in [-0.39, 0.29) is 23.0 Å². The molecule has 2 rings (SSSR count).